The lowest BCUT2D eigenvalue weighted by molar-refractivity contribution is -0.110. The van der Waals surface area contributed by atoms with Gasteiger partial charge in [-0.3, -0.25) is 4.79 Å². The lowest BCUT2D eigenvalue weighted by Gasteiger charge is -2.07. The maximum atomic E-state index is 12.1. The summed E-state index contributed by atoms with van der Waals surface area (Å²) in [6.45, 7) is -0.915. The molecule has 2 aromatic carbocycles. The van der Waals surface area contributed by atoms with Crippen LogP contribution in [0.2, 0.25) is 0 Å². The van der Waals surface area contributed by atoms with Gasteiger partial charge in [-0.2, -0.15) is 8.78 Å². The molecular weight excluding hydrogens is 302 g/mol. The van der Waals surface area contributed by atoms with Gasteiger partial charge in [0.2, 0.25) is 0 Å². The first-order chi connectivity index (χ1) is 11.0. The van der Waals surface area contributed by atoms with Crippen LogP contribution < -0.4 is 15.4 Å². The van der Waals surface area contributed by atoms with Crippen molar-refractivity contribution in [1.82, 2.24) is 0 Å². The zero-order valence-electron chi connectivity index (χ0n) is 12.3. The molecule has 0 fully saturated rings. The number of benzene rings is 2. The Morgan fingerprint density at radius 3 is 2.61 bits per heavy atom. The van der Waals surface area contributed by atoms with Crippen molar-refractivity contribution in [3.63, 3.8) is 0 Å². The molecule has 0 radical (unpaired) electrons. The molecule has 23 heavy (non-hydrogen) atoms. The summed E-state index contributed by atoms with van der Waals surface area (Å²) in [5.41, 5.74) is 3.83. The Labute approximate surface area is 131 Å². The van der Waals surface area contributed by atoms with Crippen LogP contribution in [0.4, 0.5) is 20.2 Å². The number of halogens is 2. The summed E-state index contributed by atoms with van der Waals surface area (Å²) >= 11 is 0. The molecule has 2 aromatic rings. The van der Waals surface area contributed by atoms with Crippen molar-refractivity contribution in [2.75, 3.05) is 10.6 Å². The van der Waals surface area contributed by atoms with Crippen LogP contribution in [0, 0.1) is 6.92 Å². The number of hydrogen-bond donors (Lipinski definition) is 2. The highest BCUT2D eigenvalue weighted by Crippen LogP contribution is 2.34. The van der Waals surface area contributed by atoms with Gasteiger partial charge in [-0.15, -0.1) is 0 Å². The Hall–Kier alpha value is -2.89. The zero-order valence-corrected chi connectivity index (χ0v) is 12.3. The standard InChI is InChI=1S/C17H14F2N2O2/c1-10-3-2-4-14-15(10)13(16(22)21-14)9-20-11-5-7-12(8-6-11)23-17(18)19/h2-9,17,20H,1H3,(H,21,22). The molecule has 1 aliphatic rings. The zero-order chi connectivity index (χ0) is 16.4. The van der Waals surface area contributed by atoms with Gasteiger partial charge < -0.3 is 15.4 Å². The number of rotatable bonds is 4. The van der Waals surface area contributed by atoms with Gasteiger partial charge in [0.05, 0.1) is 5.57 Å². The smallest absolute Gasteiger partial charge is 0.387 e. The highest BCUT2D eigenvalue weighted by molar-refractivity contribution is 6.32. The van der Waals surface area contributed by atoms with E-state index in [4.69, 9.17) is 0 Å². The van der Waals surface area contributed by atoms with Crippen molar-refractivity contribution in [3.05, 3.63) is 59.8 Å². The van der Waals surface area contributed by atoms with Crippen LogP contribution >= 0.6 is 0 Å². The summed E-state index contributed by atoms with van der Waals surface area (Å²) < 4.78 is 28.5. The SMILES string of the molecule is Cc1cccc2c1C(=CNc1ccc(OC(F)F)cc1)C(=O)N2. The molecule has 0 atom stereocenters. The first-order valence-electron chi connectivity index (χ1n) is 6.97. The van der Waals surface area contributed by atoms with Gasteiger partial charge in [-0.1, -0.05) is 12.1 Å². The molecule has 1 heterocycles. The molecule has 1 amide bonds. The van der Waals surface area contributed by atoms with E-state index in [9.17, 15) is 13.6 Å². The van der Waals surface area contributed by atoms with Crippen molar-refractivity contribution in [2.24, 2.45) is 0 Å². The van der Waals surface area contributed by atoms with Gasteiger partial charge in [0.25, 0.3) is 5.91 Å². The van der Waals surface area contributed by atoms with Gasteiger partial charge in [-0.05, 0) is 42.8 Å². The lowest BCUT2D eigenvalue weighted by Crippen LogP contribution is -2.05. The molecule has 0 bridgehead atoms. The predicted molar refractivity (Wildman–Crippen MR) is 84.5 cm³/mol. The van der Waals surface area contributed by atoms with Crippen LogP contribution in [0.1, 0.15) is 11.1 Å². The van der Waals surface area contributed by atoms with Crippen LogP contribution in [0.5, 0.6) is 5.75 Å². The Kier molecular flexibility index (Phi) is 3.97. The Morgan fingerprint density at radius 2 is 1.91 bits per heavy atom. The van der Waals surface area contributed by atoms with Gasteiger partial charge in [0, 0.05) is 23.1 Å². The molecule has 0 aliphatic carbocycles. The van der Waals surface area contributed by atoms with Crippen molar-refractivity contribution in [3.8, 4) is 5.75 Å². The first-order valence-corrected chi connectivity index (χ1v) is 6.97. The molecule has 118 valence electrons. The number of carbonyl (C=O) groups is 1. The number of carbonyl (C=O) groups excluding carboxylic acids is 1. The average molecular weight is 316 g/mol. The van der Waals surface area contributed by atoms with E-state index in [0.29, 0.717) is 11.3 Å². The van der Waals surface area contributed by atoms with Gasteiger partial charge in [-0.25, -0.2) is 0 Å². The Bertz CT molecular complexity index is 771. The number of amides is 1. The number of anilines is 2. The number of aryl methyl sites for hydroxylation is 1. The largest absolute Gasteiger partial charge is 0.435 e. The van der Waals surface area contributed by atoms with E-state index in [0.717, 1.165) is 16.8 Å². The fourth-order valence-electron chi connectivity index (χ4n) is 2.46. The molecule has 2 N–H and O–H groups in total. The third kappa shape index (κ3) is 3.15. The van der Waals surface area contributed by atoms with Crippen molar-refractivity contribution in [2.45, 2.75) is 13.5 Å². The Balaban J connectivity index is 1.80. The minimum atomic E-state index is -2.85. The first kappa shape index (κ1) is 15.0. The van der Waals surface area contributed by atoms with Gasteiger partial charge >= 0.3 is 6.61 Å². The molecule has 3 rings (SSSR count). The van der Waals surface area contributed by atoms with Gasteiger partial charge in [0.15, 0.2) is 0 Å². The number of hydrogen-bond acceptors (Lipinski definition) is 3. The summed E-state index contributed by atoms with van der Waals surface area (Å²) in [7, 11) is 0. The summed E-state index contributed by atoms with van der Waals surface area (Å²) in [6, 6.07) is 11.7. The molecule has 6 heteroatoms. The molecule has 0 unspecified atom stereocenters. The van der Waals surface area contributed by atoms with Crippen LogP contribution in [0.3, 0.4) is 0 Å². The van der Waals surface area contributed by atoms with Crippen LogP contribution in [0.25, 0.3) is 5.57 Å². The second-order valence-electron chi connectivity index (χ2n) is 5.06. The monoisotopic (exact) mass is 316 g/mol. The third-order valence-corrected chi connectivity index (χ3v) is 3.50. The van der Waals surface area contributed by atoms with E-state index in [-0.39, 0.29) is 11.7 Å². The van der Waals surface area contributed by atoms with Crippen molar-refractivity contribution in [1.29, 1.82) is 0 Å². The maximum absolute atomic E-state index is 12.1. The van der Waals surface area contributed by atoms with E-state index >= 15 is 0 Å². The molecule has 0 aromatic heterocycles. The quantitative estimate of drug-likeness (QED) is 0.838. The fourth-order valence-corrected chi connectivity index (χ4v) is 2.46. The maximum Gasteiger partial charge on any atom is 0.387 e. The lowest BCUT2D eigenvalue weighted by atomic mass is 10.0. The molecule has 1 aliphatic heterocycles. The number of fused-ring (bicyclic) bond motifs is 1. The normalized spacial score (nSPS) is 14.8. The third-order valence-electron chi connectivity index (χ3n) is 3.50. The second kappa shape index (κ2) is 6.08. The van der Waals surface area contributed by atoms with Crippen LogP contribution in [-0.4, -0.2) is 12.5 Å². The van der Waals surface area contributed by atoms with E-state index in [1.807, 2.05) is 25.1 Å². The minimum absolute atomic E-state index is 0.0815. The summed E-state index contributed by atoms with van der Waals surface area (Å²) in [4.78, 5) is 12.1. The Morgan fingerprint density at radius 1 is 1.17 bits per heavy atom. The van der Waals surface area contributed by atoms with Crippen LogP contribution in [-0.2, 0) is 4.79 Å². The molecule has 0 saturated heterocycles. The van der Waals surface area contributed by atoms with E-state index in [1.165, 1.54) is 12.1 Å². The number of alkyl halides is 2. The highest BCUT2D eigenvalue weighted by Gasteiger charge is 2.25. The van der Waals surface area contributed by atoms with E-state index in [2.05, 4.69) is 15.4 Å². The molecule has 0 saturated carbocycles. The summed E-state index contributed by atoms with van der Waals surface area (Å²) in [5.74, 6) is -0.0996. The molecular formula is C17H14F2N2O2. The fraction of sp³-hybridized carbons (Fsp3) is 0.118. The molecule has 4 nitrogen and oxygen atoms in total. The van der Waals surface area contributed by atoms with Crippen LogP contribution in [0.15, 0.2) is 48.7 Å². The second-order valence-corrected chi connectivity index (χ2v) is 5.06. The van der Waals surface area contributed by atoms with E-state index < -0.39 is 6.61 Å². The van der Waals surface area contributed by atoms with Crippen molar-refractivity contribution >= 4 is 22.9 Å². The number of ether oxygens (including phenoxy) is 1. The average Bonchev–Trinajstić information content (AvgIpc) is 2.83. The number of nitrogens with one attached hydrogen (secondary N) is 2. The topological polar surface area (TPSA) is 50.4 Å². The van der Waals surface area contributed by atoms with E-state index in [1.54, 1.807) is 18.3 Å². The minimum Gasteiger partial charge on any atom is -0.435 e. The summed E-state index contributed by atoms with van der Waals surface area (Å²) in [5, 5.41) is 5.80. The van der Waals surface area contributed by atoms with Gasteiger partial charge in [0.1, 0.15) is 5.75 Å². The summed E-state index contributed by atoms with van der Waals surface area (Å²) in [6.07, 6.45) is 1.61. The van der Waals surface area contributed by atoms with Crippen molar-refractivity contribution < 1.29 is 18.3 Å². The predicted octanol–water partition coefficient (Wildman–Crippen LogP) is 4.00. The molecule has 0 spiro atoms. The highest BCUT2D eigenvalue weighted by atomic mass is 19.3.